The van der Waals surface area contributed by atoms with Crippen LogP contribution in [0.5, 0.6) is 0 Å². The molecule has 1 aromatic rings. The van der Waals surface area contributed by atoms with E-state index in [1.165, 1.54) is 0 Å². The smallest absolute Gasteiger partial charge is 0.412 e. The highest BCUT2D eigenvalue weighted by molar-refractivity contribution is 7.99. The van der Waals surface area contributed by atoms with Gasteiger partial charge in [-0.2, -0.15) is 0 Å². The molecular formula is C16H25NO3S. The molecule has 1 rings (SSSR count). The number of amides is 1. The van der Waals surface area contributed by atoms with Crippen molar-refractivity contribution in [1.29, 1.82) is 0 Å². The van der Waals surface area contributed by atoms with E-state index >= 15 is 0 Å². The number of anilines is 1. The normalized spacial score (nSPS) is 12.9. The summed E-state index contributed by atoms with van der Waals surface area (Å²) in [6.07, 6.45) is -0.450. The Morgan fingerprint density at radius 2 is 2.10 bits per heavy atom. The Hall–Kier alpha value is -1.20. The van der Waals surface area contributed by atoms with E-state index in [9.17, 15) is 4.79 Å². The minimum atomic E-state index is -0.522. The fourth-order valence-corrected chi connectivity index (χ4v) is 2.71. The van der Waals surface area contributed by atoms with Crippen molar-refractivity contribution < 1.29 is 14.6 Å². The van der Waals surface area contributed by atoms with E-state index in [4.69, 9.17) is 9.84 Å². The first-order valence-corrected chi connectivity index (χ1v) is 8.04. The Kier molecular flexibility index (Phi) is 6.55. The van der Waals surface area contributed by atoms with Crippen molar-refractivity contribution in [2.75, 3.05) is 17.7 Å². The summed E-state index contributed by atoms with van der Waals surface area (Å²) in [4.78, 5) is 12.9. The van der Waals surface area contributed by atoms with E-state index in [0.717, 1.165) is 21.9 Å². The van der Waals surface area contributed by atoms with Crippen molar-refractivity contribution in [1.82, 2.24) is 0 Å². The van der Waals surface area contributed by atoms with E-state index < -0.39 is 11.7 Å². The summed E-state index contributed by atoms with van der Waals surface area (Å²) < 4.78 is 5.30. The summed E-state index contributed by atoms with van der Waals surface area (Å²) in [5.41, 5.74) is 1.25. The monoisotopic (exact) mass is 311 g/mol. The van der Waals surface area contributed by atoms with Gasteiger partial charge in [-0.15, -0.1) is 11.8 Å². The van der Waals surface area contributed by atoms with Crippen molar-refractivity contribution in [3.8, 4) is 0 Å². The number of hydrogen-bond acceptors (Lipinski definition) is 4. The number of thioether (sulfide) groups is 1. The van der Waals surface area contributed by atoms with Crippen LogP contribution in [0, 0.1) is 12.8 Å². The van der Waals surface area contributed by atoms with Crippen LogP contribution in [0.25, 0.3) is 0 Å². The lowest BCUT2D eigenvalue weighted by Crippen LogP contribution is -2.27. The van der Waals surface area contributed by atoms with E-state index in [0.29, 0.717) is 0 Å². The predicted octanol–water partition coefficient (Wildman–Crippen LogP) is 4.06. The Labute approximate surface area is 131 Å². The van der Waals surface area contributed by atoms with Crippen LogP contribution < -0.4 is 5.32 Å². The maximum atomic E-state index is 11.9. The highest BCUT2D eigenvalue weighted by Crippen LogP contribution is 2.31. The largest absolute Gasteiger partial charge is 0.444 e. The van der Waals surface area contributed by atoms with E-state index in [2.05, 4.69) is 5.32 Å². The van der Waals surface area contributed by atoms with Crippen molar-refractivity contribution >= 4 is 23.5 Å². The van der Waals surface area contributed by atoms with E-state index in [-0.39, 0.29) is 12.5 Å². The van der Waals surface area contributed by atoms with Gasteiger partial charge in [0.1, 0.15) is 5.60 Å². The molecule has 1 aromatic carbocycles. The molecule has 1 amide bonds. The fraction of sp³-hybridized carbons (Fsp3) is 0.562. The number of aliphatic hydroxyl groups is 1. The van der Waals surface area contributed by atoms with Gasteiger partial charge in [-0.1, -0.05) is 19.1 Å². The number of aryl methyl sites for hydroxylation is 1. The Morgan fingerprint density at radius 3 is 2.67 bits per heavy atom. The standard InChI is InChI=1S/C16H25NO3S/c1-11(9-18)10-21-13-8-6-7-12(2)14(13)17-15(19)20-16(3,4)5/h6-8,11,18H,9-10H2,1-5H3,(H,17,19)/t11-/m0/s1. The van der Waals surface area contributed by atoms with Gasteiger partial charge in [0.25, 0.3) is 0 Å². The summed E-state index contributed by atoms with van der Waals surface area (Å²) in [6, 6.07) is 5.88. The zero-order valence-electron chi connectivity index (χ0n) is 13.4. The third-order valence-corrected chi connectivity index (χ3v) is 4.08. The second-order valence-corrected chi connectivity index (χ2v) is 7.24. The minimum absolute atomic E-state index is 0.160. The average molecular weight is 311 g/mol. The predicted molar refractivity (Wildman–Crippen MR) is 88.0 cm³/mol. The number of carbonyl (C=O) groups is 1. The number of hydrogen-bond donors (Lipinski definition) is 2. The van der Waals surface area contributed by atoms with Crippen LogP contribution in [0.15, 0.2) is 23.1 Å². The van der Waals surface area contributed by atoms with Crippen molar-refractivity contribution in [2.24, 2.45) is 5.92 Å². The average Bonchev–Trinajstić information content (AvgIpc) is 2.37. The molecule has 2 N–H and O–H groups in total. The molecule has 21 heavy (non-hydrogen) atoms. The molecule has 0 fully saturated rings. The molecule has 5 heteroatoms. The van der Waals surface area contributed by atoms with Crippen LogP contribution in [0.4, 0.5) is 10.5 Å². The Bertz CT molecular complexity index is 483. The van der Waals surface area contributed by atoms with Crippen LogP contribution >= 0.6 is 11.8 Å². The van der Waals surface area contributed by atoms with E-state index in [1.54, 1.807) is 11.8 Å². The molecular weight excluding hydrogens is 286 g/mol. The molecule has 0 radical (unpaired) electrons. The molecule has 0 saturated carbocycles. The molecule has 0 aromatic heterocycles. The minimum Gasteiger partial charge on any atom is -0.444 e. The lowest BCUT2D eigenvalue weighted by atomic mass is 10.2. The second-order valence-electron chi connectivity index (χ2n) is 6.17. The SMILES string of the molecule is Cc1cccc(SC[C@@H](C)CO)c1NC(=O)OC(C)(C)C. The molecule has 0 unspecified atom stereocenters. The molecule has 0 spiro atoms. The second kappa shape index (κ2) is 7.71. The summed E-state index contributed by atoms with van der Waals surface area (Å²) in [6.45, 7) is 9.61. The van der Waals surface area contributed by atoms with Gasteiger partial charge >= 0.3 is 6.09 Å². The van der Waals surface area contributed by atoms with Crippen LogP contribution in [0.1, 0.15) is 33.3 Å². The van der Waals surface area contributed by atoms with Gasteiger partial charge in [-0.3, -0.25) is 5.32 Å². The van der Waals surface area contributed by atoms with Gasteiger partial charge < -0.3 is 9.84 Å². The number of carbonyl (C=O) groups excluding carboxylic acids is 1. The number of para-hydroxylation sites is 1. The molecule has 0 aliphatic rings. The zero-order chi connectivity index (χ0) is 16.0. The Morgan fingerprint density at radius 1 is 1.43 bits per heavy atom. The number of aliphatic hydroxyl groups excluding tert-OH is 1. The van der Waals surface area contributed by atoms with Gasteiger partial charge in [-0.25, -0.2) is 4.79 Å². The lowest BCUT2D eigenvalue weighted by Gasteiger charge is -2.21. The van der Waals surface area contributed by atoms with Gasteiger partial charge in [0, 0.05) is 17.3 Å². The lowest BCUT2D eigenvalue weighted by molar-refractivity contribution is 0.0635. The third-order valence-electron chi connectivity index (χ3n) is 2.70. The summed E-state index contributed by atoms with van der Waals surface area (Å²) in [7, 11) is 0. The summed E-state index contributed by atoms with van der Waals surface area (Å²) >= 11 is 1.62. The molecule has 1 atom stereocenters. The molecule has 0 bridgehead atoms. The van der Waals surface area contributed by atoms with Gasteiger partial charge in [0.2, 0.25) is 0 Å². The molecule has 118 valence electrons. The number of rotatable bonds is 5. The number of benzene rings is 1. The molecule has 0 aliphatic carbocycles. The van der Waals surface area contributed by atoms with E-state index in [1.807, 2.05) is 52.8 Å². The topological polar surface area (TPSA) is 58.6 Å². The maximum Gasteiger partial charge on any atom is 0.412 e. The maximum absolute atomic E-state index is 11.9. The summed E-state index contributed by atoms with van der Waals surface area (Å²) in [5, 5.41) is 11.9. The quantitative estimate of drug-likeness (QED) is 0.805. The van der Waals surface area contributed by atoms with Crippen molar-refractivity contribution in [3.05, 3.63) is 23.8 Å². The first-order chi connectivity index (χ1) is 9.73. The van der Waals surface area contributed by atoms with Gasteiger partial charge in [0.05, 0.1) is 5.69 Å². The summed E-state index contributed by atoms with van der Waals surface area (Å²) in [5.74, 6) is 1.01. The highest BCUT2D eigenvalue weighted by Gasteiger charge is 2.18. The zero-order valence-corrected chi connectivity index (χ0v) is 14.2. The number of nitrogens with one attached hydrogen (secondary N) is 1. The van der Waals surface area contributed by atoms with Crippen LogP contribution in [0.2, 0.25) is 0 Å². The van der Waals surface area contributed by atoms with Gasteiger partial charge in [0.15, 0.2) is 0 Å². The van der Waals surface area contributed by atoms with Crippen LogP contribution in [0.3, 0.4) is 0 Å². The molecule has 0 aliphatic heterocycles. The first kappa shape index (κ1) is 17.9. The first-order valence-electron chi connectivity index (χ1n) is 7.06. The van der Waals surface area contributed by atoms with Crippen molar-refractivity contribution in [3.63, 3.8) is 0 Å². The fourth-order valence-electron chi connectivity index (χ4n) is 1.61. The highest BCUT2D eigenvalue weighted by atomic mass is 32.2. The Balaban J connectivity index is 2.82. The number of ether oxygens (including phenoxy) is 1. The van der Waals surface area contributed by atoms with Crippen LogP contribution in [-0.4, -0.2) is 29.2 Å². The van der Waals surface area contributed by atoms with Crippen LogP contribution in [-0.2, 0) is 4.74 Å². The van der Waals surface area contributed by atoms with Gasteiger partial charge in [-0.05, 0) is 45.2 Å². The third kappa shape index (κ3) is 6.40. The molecule has 4 nitrogen and oxygen atoms in total. The van der Waals surface area contributed by atoms with Crippen molar-refractivity contribution in [2.45, 2.75) is 45.1 Å². The molecule has 0 heterocycles. The molecule has 0 saturated heterocycles.